The molecule has 3 fully saturated rings. The molecule has 0 aliphatic carbocycles. The van der Waals surface area contributed by atoms with Crippen LogP contribution in [0.25, 0.3) is 0 Å². The summed E-state index contributed by atoms with van der Waals surface area (Å²) in [5.74, 6) is -1.69. The number of ether oxygens (including phenoxy) is 1. The van der Waals surface area contributed by atoms with Crippen molar-refractivity contribution in [3.63, 3.8) is 0 Å². The quantitative estimate of drug-likeness (QED) is 0.735. The molecular weight excluding hydrogens is 406 g/mol. The van der Waals surface area contributed by atoms with Crippen LogP contribution in [0.1, 0.15) is 53.5 Å². The Hall–Kier alpha value is -2.94. The van der Waals surface area contributed by atoms with E-state index in [0.717, 1.165) is 6.07 Å². The minimum absolute atomic E-state index is 0.160. The van der Waals surface area contributed by atoms with Gasteiger partial charge in [0.1, 0.15) is 23.6 Å². The third kappa shape index (κ3) is 3.27. The molecule has 3 aliphatic rings. The van der Waals surface area contributed by atoms with E-state index in [1.165, 1.54) is 24.5 Å². The van der Waals surface area contributed by atoms with Crippen LogP contribution in [0.4, 0.5) is 8.78 Å². The molecule has 5 rings (SSSR count). The zero-order valence-corrected chi connectivity index (χ0v) is 17.1. The van der Waals surface area contributed by atoms with Gasteiger partial charge in [-0.25, -0.2) is 13.8 Å². The number of nitrogens with zero attached hydrogens (tertiary/aromatic N) is 4. The lowest BCUT2D eigenvalue weighted by molar-refractivity contribution is -0.142. The lowest BCUT2D eigenvalue weighted by Crippen LogP contribution is -2.51. The summed E-state index contributed by atoms with van der Waals surface area (Å²) in [4.78, 5) is 37.8. The van der Waals surface area contributed by atoms with Crippen LogP contribution in [-0.2, 0) is 9.53 Å². The molecule has 3 saturated heterocycles. The largest absolute Gasteiger partial charge is 0.342 e. The SMILES string of the molecule is Cc1nccnc1C(=O)N1CCC2(CC1)OC1CCC(c3cc(F)cc(F)c3)N1C2=O. The first-order chi connectivity index (χ1) is 14.9. The number of carbonyl (C=O) groups is 2. The van der Waals surface area contributed by atoms with Gasteiger partial charge in [-0.1, -0.05) is 0 Å². The second kappa shape index (κ2) is 7.33. The fourth-order valence-electron chi connectivity index (χ4n) is 4.98. The van der Waals surface area contributed by atoms with Crippen molar-refractivity contribution >= 4 is 11.8 Å². The van der Waals surface area contributed by atoms with Gasteiger partial charge in [-0.15, -0.1) is 0 Å². The van der Waals surface area contributed by atoms with E-state index in [0.29, 0.717) is 55.7 Å². The van der Waals surface area contributed by atoms with Gasteiger partial charge in [-0.05, 0) is 37.5 Å². The molecule has 3 aliphatic heterocycles. The molecule has 9 heteroatoms. The molecule has 2 atom stereocenters. The van der Waals surface area contributed by atoms with Crippen molar-refractivity contribution in [3.8, 4) is 0 Å². The highest BCUT2D eigenvalue weighted by molar-refractivity contribution is 5.94. The molecule has 31 heavy (non-hydrogen) atoms. The summed E-state index contributed by atoms with van der Waals surface area (Å²) in [6, 6.07) is 2.97. The first-order valence-electron chi connectivity index (χ1n) is 10.4. The summed E-state index contributed by atoms with van der Waals surface area (Å²) < 4.78 is 33.7. The normalized spacial score (nSPS) is 24.7. The molecule has 2 amide bonds. The van der Waals surface area contributed by atoms with Crippen LogP contribution in [0.2, 0.25) is 0 Å². The van der Waals surface area contributed by atoms with Gasteiger partial charge in [0.25, 0.3) is 11.8 Å². The van der Waals surface area contributed by atoms with E-state index < -0.39 is 29.5 Å². The van der Waals surface area contributed by atoms with Crippen molar-refractivity contribution in [2.75, 3.05) is 13.1 Å². The monoisotopic (exact) mass is 428 g/mol. The van der Waals surface area contributed by atoms with Crippen LogP contribution >= 0.6 is 0 Å². The van der Waals surface area contributed by atoms with Gasteiger partial charge in [0.05, 0.1) is 11.7 Å². The van der Waals surface area contributed by atoms with Gasteiger partial charge < -0.3 is 14.5 Å². The summed E-state index contributed by atoms with van der Waals surface area (Å²) in [5.41, 5.74) is 0.320. The minimum atomic E-state index is -0.997. The predicted molar refractivity (Wildman–Crippen MR) is 105 cm³/mol. The molecule has 2 unspecified atom stereocenters. The number of rotatable bonds is 2. The molecule has 4 heterocycles. The Morgan fingerprint density at radius 2 is 1.77 bits per heavy atom. The Labute approximate surface area is 178 Å². The number of benzene rings is 1. The molecule has 0 N–H and O–H groups in total. The van der Waals surface area contributed by atoms with E-state index in [4.69, 9.17) is 4.74 Å². The van der Waals surface area contributed by atoms with Gasteiger partial charge in [0, 0.05) is 44.4 Å². The van der Waals surface area contributed by atoms with E-state index in [9.17, 15) is 18.4 Å². The zero-order valence-electron chi connectivity index (χ0n) is 17.1. The Bertz CT molecular complexity index is 1030. The third-order valence-electron chi connectivity index (χ3n) is 6.53. The van der Waals surface area contributed by atoms with E-state index in [2.05, 4.69) is 9.97 Å². The van der Waals surface area contributed by atoms with Crippen molar-refractivity contribution in [1.29, 1.82) is 0 Å². The van der Waals surface area contributed by atoms with Crippen molar-refractivity contribution in [2.24, 2.45) is 0 Å². The maximum Gasteiger partial charge on any atom is 0.274 e. The Morgan fingerprint density at radius 1 is 1.10 bits per heavy atom. The number of carbonyl (C=O) groups excluding carboxylic acids is 2. The Morgan fingerprint density at radius 3 is 2.45 bits per heavy atom. The number of aryl methyl sites for hydroxylation is 1. The van der Waals surface area contributed by atoms with Gasteiger partial charge in [0.15, 0.2) is 5.60 Å². The van der Waals surface area contributed by atoms with Crippen molar-refractivity contribution in [1.82, 2.24) is 19.8 Å². The summed E-state index contributed by atoms with van der Waals surface area (Å²) in [5, 5.41) is 0. The fourth-order valence-corrected chi connectivity index (χ4v) is 4.98. The minimum Gasteiger partial charge on any atom is -0.342 e. The molecule has 2 aromatic rings. The molecular formula is C22H22F2N4O3. The molecule has 1 spiro atoms. The summed E-state index contributed by atoms with van der Waals surface area (Å²) in [7, 11) is 0. The van der Waals surface area contributed by atoms with Crippen molar-refractivity contribution in [2.45, 2.75) is 50.5 Å². The highest BCUT2D eigenvalue weighted by Crippen LogP contribution is 2.47. The van der Waals surface area contributed by atoms with Crippen LogP contribution in [0.3, 0.4) is 0 Å². The molecule has 1 aromatic carbocycles. The summed E-state index contributed by atoms with van der Waals surface area (Å²) in [6.07, 6.45) is 4.55. The van der Waals surface area contributed by atoms with Gasteiger partial charge in [0.2, 0.25) is 0 Å². The van der Waals surface area contributed by atoms with Crippen LogP contribution in [0.5, 0.6) is 0 Å². The smallest absolute Gasteiger partial charge is 0.274 e. The van der Waals surface area contributed by atoms with Crippen molar-refractivity contribution < 1.29 is 23.1 Å². The van der Waals surface area contributed by atoms with Gasteiger partial charge >= 0.3 is 0 Å². The lowest BCUT2D eigenvalue weighted by Gasteiger charge is -2.37. The number of hydrogen-bond acceptors (Lipinski definition) is 5. The van der Waals surface area contributed by atoms with Crippen LogP contribution in [0.15, 0.2) is 30.6 Å². The van der Waals surface area contributed by atoms with Crippen LogP contribution in [0, 0.1) is 18.6 Å². The van der Waals surface area contributed by atoms with Crippen LogP contribution in [-0.4, -0.2) is 56.5 Å². The highest BCUT2D eigenvalue weighted by Gasteiger charge is 2.58. The zero-order chi connectivity index (χ0) is 21.8. The molecule has 0 radical (unpaired) electrons. The van der Waals surface area contributed by atoms with Gasteiger partial charge in [-0.2, -0.15) is 0 Å². The first kappa shape index (κ1) is 20.0. The molecule has 1 aromatic heterocycles. The highest BCUT2D eigenvalue weighted by atomic mass is 19.1. The number of piperidine rings is 1. The Kier molecular flexibility index (Phi) is 4.73. The van der Waals surface area contributed by atoms with Crippen molar-refractivity contribution in [3.05, 3.63) is 59.2 Å². The average molecular weight is 428 g/mol. The summed E-state index contributed by atoms with van der Waals surface area (Å²) in [6.45, 7) is 2.46. The number of hydrogen-bond donors (Lipinski definition) is 0. The number of halogens is 2. The molecule has 0 bridgehead atoms. The predicted octanol–water partition coefficient (Wildman–Crippen LogP) is 2.76. The lowest BCUT2D eigenvalue weighted by atomic mass is 9.89. The van der Waals surface area contributed by atoms with E-state index in [1.54, 1.807) is 16.7 Å². The topological polar surface area (TPSA) is 75.6 Å². The van der Waals surface area contributed by atoms with Gasteiger partial charge in [-0.3, -0.25) is 14.6 Å². The number of likely N-dealkylation sites (tertiary alicyclic amines) is 1. The van der Waals surface area contributed by atoms with Crippen LogP contribution < -0.4 is 0 Å². The molecule has 162 valence electrons. The Balaban J connectivity index is 1.32. The van der Waals surface area contributed by atoms with E-state index in [-0.39, 0.29) is 11.8 Å². The van der Waals surface area contributed by atoms with E-state index in [1.807, 2.05) is 0 Å². The maximum absolute atomic E-state index is 13.7. The van der Waals surface area contributed by atoms with E-state index >= 15 is 0 Å². The second-order valence-corrected chi connectivity index (χ2v) is 8.36. The standard InChI is InChI=1S/C22H22F2N4O3/c1-13-19(26-7-6-25-13)20(29)27-8-4-22(5-9-27)21(30)28-17(2-3-18(28)31-22)14-10-15(23)12-16(24)11-14/h6-7,10-12,17-18H,2-5,8-9H2,1H3. The second-order valence-electron chi connectivity index (χ2n) is 8.36. The number of amides is 2. The fraction of sp³-hybridized carbons (Fsp3) is 0.455. The molecule has 7 nitrogen and oxygen atoms in total. The maximum atomic E-state index is 13.7. The average Bonchev–Trinajstić information content (AvgIpc) is 3.26. The summed E-state index contributed by atoms with van der Waals surface area (Å²) >= 11 is 0. The number of aromatic nitrogens is 2. The first-order valence-corrected chi connectivity index (χ1v) is 10.4. The molecule has 0 saturated carbocycles. The number of fused-ring (bicyclic) bond motifs is 1. The third-order valence-corrected chi connectivity index (χ3v) is 6.53.